The summed E-state index contributed by atoms with van der Waals surface area (Å²) in [6.45, 7) is 9.37. The van der Waals surface area contributed by atoms with Crippen molar-refractivity contribution in [3.63, 3.8) is 0 Å². The number of ether oxygens (including phenoxy) is 3. The van der Waals surface area contributed by atoms with Crippen LogP contribution in [0.5, 0.6) is 11.5 Å². The summed E-state index contributed by atoms with van der Waals surface area (Å²) in [5.41, 5.74) is 13.5. The van der Waals surface area contributed by atoms with Crippen LogP contribution in [0.15, 0.2) is 42.5 Å². The van der Waals surface area contributed by atoms with E-state index in [9.17, 15) is 19.2 Å². The van der Waals surface area contributed by atoms with Gasteiger partial charge in [0.2, 0.25) is 17.8 Å². The van der Waals surface area contributed by atoms with Crippen molar-refractivity contribution in [2.75, 3.05) is 37.6 Å². The van der Waals surface area contributed by atoms with E-state index in [2.05, 4.69) is 30.8 Å². The summed E-state index contributed by atoms with van der Waals surface area (Å²) in [6, 6.07) is 7.50. The number of anilines is 2. The number of fused-ring (bicyclic) bond motifs is 2. The molecule has 1 fully saturated rings. The number of rotatable bonds is 16. The minimum Gasteiger partial charge on any atom is -0.494 e. The molecule has 4 amide bonds. The maximum atomic E-state index is 16.1. The third-order valence-corrected chi connectivity index (χ3v) is 9.74. The number of hydrogen-bond acceptors (Lipinski definition) is 11. The molecule has 0 atom stereocenters. The molecule has 7 rings (SSSR count). The fraction of sp³-hybridized carbons (Fsp3) is 0.333. The van der Waals surface area contributed by atoms with Crippen molar-refractivity contribution in [3.05, 3.63) is 82.2 Å². The van der Waals surface area contributed by atoms with Gasteiger partial charge in [0.25, 0.3) is 17.7 Å². The molecule has 1 aliphatic heterocycles. The van der Waals surface area contributed by atoms with Gasteiger partial charge in [-0.3, -0.25) is 39.2 Å². The van der Waals surface area contributed by atoms with Crippen molar-refractivity contribution in [1.29, 1.82) is 0 Å². The fourth-order valence-corrected chi connectivity index (χ4v) is 6.83. The standard InChI is InChI=1S/C39H43FN12O7/c1-6-51-26(12-20(3)47-51)36(55)45-38-43-25-14-23(34(41)53)15-28(57-5)32(25)49(38)10-8-9-11-50-33-29(59-19-22-17-58-18-22)16-24(35(42)54)30(40)31(33)44-39(50)46-37(56)27-13-21(4)48-52(27)7-2/h8-9,12-16,22H,6-7,10-11,17-19H2,1-5H3,(H2,41,53)(H2,42,54)(H,43,45,55)(H,44,46,56)/b9-8+. The van der Waals surface area contributed by atoms with Crippen molar-refractivity contribution in [3.8, 4) is 11.5 Å². The van der Waals surface area contributed by atoms with E-state index in [-0.39, 0.29) is 71.3 Å². The Kier molecular flexibility index (Phi) is 11.2. The second-order valence-electron chi connectivity index (χ2n) is 13.9. The highest BCUT2D eigenvalue weighted by Crippen LogP contribution is 2.35. The first kappa shape index (κ1) is 40.1. The van der Waals surface area contributed by atoms with Crippen LogP contribution < -0.4 is 31.6 Å². The number of aryl methyl sites for hydroxylation is 4. The minimum absolute atomic E-state index is 0.00266. The summed E-state index contributed by atoms with van der Waals surface area (Å²) in [6.07, 6.45) is 3.49. The molecule has 19 nitrogen and oxygen atoms in total. The van der Waals surface area contributed by atoms with E-state index in [1.165, 1.54) is 30.0 Å². The summed E-state index contributed by atoms with van der Waals surface area (Å²) >= 11 is 0. The van der Waals surface area contributed by atoms with Crippen LogP contribution in [0.1, 0.15) is 66.9 Å². The van der Waals surface area contributed by atoms with Crippen LogP contribution in [-0.4, -0.2) is 89.2 Å². The summed E-state index contributed by atoms with van der Waals surface area (Å²) in [4.78, 5) is 61.0. The van der Waals surface area contributed by atoms with Crippen LogP contribution >= 0.6 is 0 Å². The zero-order valence-corrected chi connectivity index (χ0v) is 33.0. The molecule has 0 radical (unpaired) electrons. The number of nitrogens with zero attached hydrogens (tertiary/aromatic N) is 8. The van der Waals surface area contributed by atoms with E-state index in [1.54, 1.807) is 51.9 Å². The van der Waals surface area contributed by atoms with Gasteiger partial charge in [-0.25, -0.2) is 14.4 Å². The SMILES string of the molecule is CCn1nc(C)cc1C(=O)Nc1nc2cc(C(N)=O)cc(OC)c2n1C/C=C/Cn1c(NC(=O)c2cc(C)nn2CC)nc2c(F)c(C(N)=O)cc(OCC3COC3)c21. The summed E-state index contributed by atoms with van der Waals surface area (Å²) in [5.74, 6) is -3.15. The Bertz CT molecular complexity index is 2670. The fourth-order valence-electron chi connectivity index (χ4n) is 6.83. The van der Waals surface area contributed by atoms with Gasteiger partial charge in [-0.05, 0) is 58.0 Å². The predicted molar refractivity (Wildman–Crippen MR) is 213 cm³/mol. The summed E-state index contributed by atoms with van der Waals surface area (Å²) in [5, 5.41) is 14.4. The first-order valence-electron chi connectivity index (χ1n) is 18.8. The van der Waals surface area contributed by atoms with Gasteiger partial charge in [0.15, 0.2) is 5.82 Å². The zero-order chi connectivity index (χ0) is 42.1. The molecule has 308 valence electrons. The number of carbonyl (C=O) groups excluding carboxylic acids is 4. The van der Waals surface area contributed by atoms with Crippen molar-refractivity contribution in [1.82, 2.24) is 38.7 Å². The maximum Gasteiger partial charge on any atom is 0.276 e. The van der Waals surface area contributed by atoms with Crippen molar-refractivity contribution >= 4 is 57.6 Å². The average Bonchev–Trinajstić information content (AvgIpc) is 3.95. The number of benzene rings is 2. The maximum absolute atomic E-state index is 16.1. The molecule has 59 heavy (non-hydrogen) atoms. The molecule has 20 heteroatoms. The molecule has 1 aliphatic rings. The number of carbonyl (C=O) groups is 4. The van der Waals surface area contributed by atoms with Crippen molar-refractivity contribution in [2.45, 2.75) is 53.9 Å². The monoisotopic (exact) mass is 810 g/mol. The van der Waals surface area contributed by atoms with Gasteiger partial charge >= 0.3 is 0 Å². The molecule has 1 saturated heterocycles. The topological polar surface area (TPSA) is 243 Å². The molecule has 0 aliphatic carbocycles. The normalized spacial score (nSPS) is 13.0. The average molecular weight is 811 g/mol. The smallest absolute Gasteiger partial charge is 0.276 e. The van der Waals surface area contributed by atoms with Crippen LogP contribution in [0.4, 0.5) is 16.3 Å². The van der Waals surface area contributed by atoms with Gasteiger partial charge in [0, 0.05) is 37.7 Å². The Morgan fingerprint density at radius 2 is 1.41 bits per heavy atom. The third-order valence-electron chi connectivity index (χ3n) is 9.74. The van der Waals surface area contributed by atoms with Crippen molar-refractivity contribution < 1.29 is 37.8 Å². The van der Waals surface area contributed by atoms with E-state index in [0.717, 1.165) is 0 Å². The number of primary amides is 2. The summed E-state index contributed by atoms with van der Waals surface area (Å²) in [7, 11) is 1.43. The molecule has 6 aromatic rings. The number of aromatic nitrogens is 8. The van der Waals surface area contributed by atoms with Gasteiger partial charge in [0.05, 0.1) is 49.4 Å². The molecule has 0 spiro atoms. The van der Waals surface area contributed by atoms with Gasteiger partial charge in [0.1, 0.15) is 39.4 Å². The summed E-state index contributed by atoms with van der Waals surface area (Å²) < 4.78 is 39.5. The van der Waals surface area contributed by atoms with Gasteiger partial charge in [-0.2, -0.15) is 10.2 Å². The Morgan fingerprint density at radius 1 is 0.831 bits per heavy atom. The Morgan fingerprint density at radius 3 is 1.92 bits per heavy atom. The van der Waals surface area contributed by atoms with Gasteiger partial charge < -0.3 is 34.8 Å². The van der Waals surface area contributed by atoms with E-state index in [4.69, 9.17) is 25.7 Å². The largest absolute Gasteiger partial charge is 0.494 e. The molecular weight excluding hydrogens is 768 g/mol. The lowest BCUT2D eigenvalue weighted by Gasteiger charge is -2.26. The van der Waals surface area contributed by atoms with Crippen LogP contribution in [0.3, 0.4) is 0 Å². The van der Waals surface area contributed by atoms with Crippen LogP contribution in [-0.2, 0) is 30.9 Å². The predicted octanol–water partition coefficient (Wildman–Crippen LogP) is 3.57. The number of imidazole rings is 2. The quantitative estimate of drug-likeness (QED) is 0.103. The molecule has 6 N–H and O–H groups in total. The third kappa shape index (κ3) is 7.81. The lowest BCUT2D eigenvalue weighted by molar-refractivity contribution is -0.0507. The Hall–Kier alpha value is -7.09. The van der Waals surface area contributed by atoms with Crippen LogP contribution in [0.2, 0.25) is 0 Å². The highest BCUT2D eigenvalue weighted by Gasteiger charge is 2.27. The Balaban J connectivity index is 1.29. The van der Waals surface area contributed by atoms with E-state index in [0.29, 0.717) is 54.4 Å². The molecule has 0 unspecified atom stereocenters. The molecule has 4 aromatic heterocycles. The lowest BCUT2D eigenvalue weighted by atomic mass is 10.1. The molecule has 2 aromatic carbocycles. The number of amides is 4. The van der Waals surface area contributed by atoms with E-state index < -0.39 is 35.0 Å². The van der Waals surface area contributed by atoms with E-state index >= 15 is 4.39 Å². The van der Waals surface area contributed by atoms with Crippen molar-refractivity contribution in [2.24, 2.45) is 17.4 Å². The molecule has 0 bridgehead atoms. The number of nitrogens with one attached hydrogen (secondary N) is 2. The van der Waals surface area contributed by atoms with Gasteiger partial charge in [-0.1, -0.05) is 12.2 Å². The lowest BCUT2D eigenvalue weighted by Crippen LogP contribution is -2.32. The molecular formula is C39H43FN12O7. The second kappa shape index (κ2) is 16.4. The van der Waals surface area contributed by atoms with Crippen LogP contribution in [0, 0.1) is 25.6 Å². The van der Waals surface area contributed by atoms with Crippen LogP contribution in [0.25, 0.3) is 22.1 Å². The first-order valence-corrected chi connectivity index (χ1v) is 18.8. The highest BCUT2D eigenvalue weighted by atomic mass is 19.1. The number of hydrogen-bond donors (Lipinski definition) is 4. The Labute approximate surface area is 336 Å². The number of methoxy groups -OCH3 is 1. The second-order valence-corrected chi connectivity index (χ2v) is 13.9. The van der Waals surface area contributed by atoms with E-state index in [1.807, 2.05) is 13.8 Å². The minimum atomic E-state index is -1.02. The highest BCUT2D eigenvalue weighted by molar-refractivity contribution is 6.05. The first-order chi connectivity index (χ1) is 28.3. The zero-order valence-electron chi connectivity index (χ0n) is 33.0. The number of allylic oxidation sites excluding steroid dienone is 2. The molecule has 5 heterocycles. The van der Waals surface area contributed by atoms with Gasteiger partial charge in [-0.15, -0.1) is 0 Å². The molecule has 0 saturated carbocycles. The number of halogens is 1. The number of nitrogens with two attached hydrogens (primary N) is 2.